The highest BCUT2D eigenvalue weighted by atomic mass is 16.5. The van der Waals surface area contributed by atoms with Crippen molar-refractivity contribution in [1.82, 2.24) is 5.32 Å². The summed E-state index contributed by atoms with van der Waals surface area (Å²) < 4.78 is 11.1. The monoisotopic (exact) mass is 201 g/mol. The Morgan fingerprint density at radius 3 is 2.79 bits per heavy atom. The van der Waals surface area contributed by atoms with Gasteiger partial charge in [-0.1, -0.05) is 0 Å². The number of methoxy groups -OCH3 is 1. The van der Waals surface area contributed by atoms with Crippen molar-refractivity contribution in [3.63, 3.8) is 0 Å². The summed E-state index contributed by atoms with van der Waals surface area (Å²) in [4.78, 5) is 0. The fourth-order valence-electron chi connectivity index (χ4n) is 1.92. The zero-order valence-corrected chi connectivity index (χ0v) is 9.80. The summed E-state index contributed by atoms with van der Waals surface area (Å²) in [7, 11) is 3.78. The topological polar surface area (TPSA) is 30.5 Å². The lowest BCUT2D eigenvalue weighted by Crippen LogP contribution is -2.40. The maximum atomic E-state index is 5.73. The van der Waals surface area contributed by atoms with Crippen LogP contribution in [0.5, 0.6) is 0 Å². The first-order chi connectivity index (χ1) is 6.57. The van der Waals surface area contributed by atoms with Gasteiger partial charge >= 0.3 is 0 Å². The molecule has 1 rings (SSSR count). The number of hydrogen-bond acceptors (Lipinski definition) is 3. The molecule has 1 N–H and O–H groups in total. The van der Waals surface area contributed by atoms with Gasteiger partial charge in [-0.15, -0.1) is 0 Å². The van der Waals surface area contributed by atoms with Crippen molar-refractivity contribution < 1.29 is 9.47 Å². The molecule has 84 valence electrons. The van der Waals surface area contributed by atoms with Crippen molar-refractivity contribution in [1.29, 1.82) is 0 Å². The van der Waals surface area contributed by atoms with Crippen molar-refractivity contribution >= 4 is 0 Å². The number of nitrogens with one attached hydrogen (secondary N) is 1. The third kappa shape index (κ3) is 3.56. The first-order valence-corrected chi connectivity index (χ1v) is 5.41. The molecule has 0 aliphatic carbocycles. The molecule has 1 aliphatic rings. The van der Waals surface area contributed by atoms with Crippen molar-refractivity contribution in [2.75, 3.05) is 20.8 Å². The van der Waals surface area contributed by atoms with Crippen molar-refractivity contribution in [3.8, 4) is 0 Å². The van der Waals surface area contributed by atoms with Gasteiger partial charge in [0.1, 0.15) is 0 Å². The van der Waals surface area contributed by atoms with Gasteiger partial charge in [0.25, 0.3) is 0 Å². The molecule has 0 radical (unpaired) electrons. The molecule has 0 amide bonds. The lowest BCUT2D eigenvalue weighted by molar-refractivity contribution is -0.0650. The molecule has 0 bridgehead atoms. The standard InChI is InChI=1S/C11H23NO2/c1-11(2,13-4)8-10-7-9(12-3)5-6-14-10/h9-10,12H,5-8H2,1-4H3. The van der Waals surface area contributed by atoms with Crippen LogP contribution in [0.15, 0.2) is 0 Å². The second kappa shape index (κ2) is 5.10. The van der Waals surface area contributed by atoms with Crippen LogP contribution in [0.1, 0.15) is 33.1 Å². The highest BCUT2D eigenvalue weighted by Crippen LogP contribution is 2.24. The molecule has 0 aromatic heterocycles. The molecule has 0 spiro atoms. The zero-order chi connectivity index (χ0) is 10.6. The van der Waals surface area contributed by atoms with E-state index in [-0.39, 0.29) is 5.60 Å². The van der Waals surface area contributed by atoms with E-state index in [4.69, 9.17) is 9.47 Å². The maximum Gasteiger partial charge on any atom is 0.0647 e. The molecular formula is C11H23NO2. The van der Waals surface area contributed by atoms with Gasteiger partial charge in [-0.05, 0) is 33.7 Å². The smallest absolute Gasteiger partial charge is 0.0647 e. The molecule has 2 atom stereocenters. The summed E-state index contributed by atoms with van der Waals surface area (Å²) in [6.07, 6.45) is 3.54. The van der Waals surface area contributed by atoms with Crippen LogP contribution in [0, 0.1) is 0 Å². The predicted octanol–water partition coefficient (Wildman–Crippen LogP) is 1.57. The molecule has 1 saturated heterocycles. The summed E-state index contributed by atoms with van der Waals surface area (Å²) in [5.74, 6) is 0. The van der Waals surface area contributed by atoms with Crippen LogP contribution in [-0.4, -0.2) is 38.5 Å². The van der Waals surface area contributed by atoms with Gasteiger partial charge in [0, 0.05) is 26.2 Å². The molecule has 1 heterocycles. The van der Waals surface area contributed by atoms with Gasteiger partial charge in [-0.25, -0.2) is 0 Å². The normalized spacial score (nSPS) is 29.1. The van der Waals surface area contributed by atoms with E-state index in [2.05, 4.69) is 19.2 Å². The van der Waals surface area contributed by atoms with Crippen LogP contribution >= 0.6 is 0 Å². The largest absolute Gasteiger partial charge is 0.379 e. The Morgan fingerprint density at radius 2 is 2.21 bits per heavy atom. The zero-order valence-electron chi connectivity index (χ0n) is 9.80. The first-order valence-electron chi connectivity index (χ1n) is 5.41. The quantitative estimate of drug-likeness (QED) is 0.749. The molecule has 0 aromatic rings. The Labute approximate surface area is 87.2 Å². The van der Waals surface area contributed by atoms with Crippen molar-refractivity contribution in [2.24, 2.45) is 0 Å². The third-order valence-corrected chi connectivity index (χ3v) is 3.05. The predicted molar refractivity (Wildman–Crippen MR) is 57.5 cm³/mol. The Hall–Kier alpha value is -0.120. The van der Waals surface area contributed by atoms with Gasteiger partial charge in [-0.3, -0.25) is 0 Å². The maximum absolute atomic E-state index is 5.73. The van der Waals surface area contributed by atoms with E-state index >= 15 is 0 Å². The molecule has 1 aliphatic heterocycles. The molecule has 0 saturated carbocycles. The minimum Gasteiger partial charge on any atom is -0.379 e. The molecule has 14 heavy (non-hydrogen) atoms. The Kier molecular flexibility index (Phi) is 4.35. The lowest BCUT2D eigenvalue weighted by Gasteiger charge is -2.34. The molecular weight excluding hydrogens is 178 g/mol. The van der Waals surface area contributed by atoms with Crippen molar-refractivity contribution in [2.45, 2.75) is 50.9 Å². The average Bonchev–Trinajstić information content (AvgIpc) is 2.17. The SMILES string of the molecule is CNC1CCOC(CC(C)(C)OC)C1. The van der Waals surface area contributed by atoms with Gasteiger partial charge in [0.15, 0.2) is 0 Å². The summed E-state index contributed by atoms with van der Waals surface area (Å²) in [6.45, 7) is 5.09. The van der Waals surface area contributed by atoms with E-state index < -0.39 is 0 Å². The minimum atomic E-state index is -0.0691. The highest BCUT2D eigenvalue weighted by Gasteiger charge is 2.28. The highest BCUT2D eigenvalue weighted by molar-refractivity contribution is 4.81. The summed E-state index contributed by atoms with van der Waals surface area (Å²) >= 11 is 0. The Morgan fingerprint density at radius 1 is 1.50 bits per heavy atom. The summed E-state index contributed by atoms with van der Waals surface area (Å²) in [5.41, 5.74) is -0.0691. The van der Waals surface area contributed by atoms with Crippen LogP contribution in [0.25, 0.3) is 0 Å². The molecule has 2 unspecified atom stereocenters. The minimum absolute atomic E-state index is 0.0691. The number of hydrogen-bond donors (Lipinski definition) is 1. The Balaban J connectivity index is 2.37. The second-order valence-electron chi connectivity index (χ2n) is 4.67. The van der Waals surface area contributed by atoms with E-state index in [0.29, 0.717) is 12.1 Å². The van der Waals surface area contributed by atoms with Gasteiger partial charge in [-0.2, -0.15) is 0 Å². The average molecular weight is 201 g/mol. The van der Waals surface area contributed by atoms with Crippen molar-refractivity contribution in [3.05, 3.63) is 0 Å². The lowest BCUT2D eigenvalue weighted by atomic mass is 9.93. The van der Waals surface area contributed by atoms with E-state index in [9.17, 15) is 0 Å². The Bertz CT molecular complexity index is 171. The summed E-state index contributed by atoms with van der Waals surface area (Å²) in [5, 5.41) is 3.32. The van der Waals surface area contributed by atoms with Gasteiger partial charge < -0.3 is 14.8 Å². The van der Waals surface area contributed by atoms with Crippen LogP contribution in [-0.2, 0) is 9.47 Å². The summed E-state index contributed by atoms with van der Waals surface area (Å²) in [6, 6.07) is 0.612. The number of ether oxygens (including phenoxy) is 2. The number of rotatable bonds is 4. The molecule has 3 heteroatoms. The fraction of sp³-hybridized carbons (Fsp3) is 1.00. The molecule has 0 aromatic carbocycles. The third-order valence-electron chi connectivity index (χ3n) is 3.05. The van der Waals surface area contributed by atoms with Crippen LogP contribution in [0.4, 0.5) is 0 Å². The van der Waals surface area contributed by atoms with E-state index in [1.165, 1.54) is 0 Å². The molecule has 3 nitrogen and oxygen atoms in total. The van der Waals surface area contributed by atoms with Gasteiger partial charge in [0.05, 0.1) is 11.7 Å². The van der Waals surface area contributed by atoms with Crippen LogP contribution in [0.2, 0.25) is 0 Å². The van der Waals surface area contributed by atoms with Gasteiger partial charge in [0.2, 0.25) is 0 Å². The first kappa shape index (κ1) is 12.0. The van der Waals surface area contributed by atoms with Crippen LogP contribution < -0.4 is 5.32 Å². The molecule has 1 fully saturated rings. The fourth-order valence-corrected chi connectivity index (χ4v) is 1.92. The second-order valence-corrected chi connectivity index (χ2v) is 4.67. The van der Waals surface area contributed by atoms with Crippen LogP contribution in [0.3, 0.4) is 0 Å². The van der Waals surface area contributed by atoms with E-state index in [1.54, 1.807) is 7.11 Å². The van der Waals surface area contributed by atoms with E-state index in [0.717, 1.165) is 25.9 Å². The van der Waals surface area contributed by atoms with E-state index in [1.807, 2.05) is 7.05 Å².